The molecule has 132 valence electrons. The van der Waals surface area contributed by atoms with E-state index in [1.165, 1.54) is 30.7 Å². The lowest BCUT2D eigenvalue weighted by atomic mass is 9.80. The van der Waals surface area contributed by atoms with Gasteiger partial charge in [0.1, 0.15) is 0 Å². The Balaban J connectivity index is 1.93. The minimum atomic E-state index is -3.82. The molecule has 1 unspecified atom stereocenters. The second-order valence-electron chi connectivity index (χ2n) is 6.85. The Hall–Kier alpha value is -2.18. The van der Waals surface area contributed by atoms with E-state index in [-0.39, 0.29) is 16.0 Å². The average Bonchev–Trinajstić information content (AvgIpc) is 2.53. The molecule has 0 saturated heterocycles. The molecule has 0 heterocycles. The third-order valence-corrected chi connectivity index (χ3v) is 6.61. The molecule has 2 aromatic carbocycles. The van der Waals surface area contributed by atoms with Crippen molar-refractivity contribution in [1.29, 1.82) is 0 Å². The zero-order valence-electron chi connectivity index (χ0n) is 14.2. The number of benzene rings is 2. The smallest absolute Gasteiger partial charge is 0.335 e. The molecule has 3 rings (SSSR count). The van der Waals surface area contributed by atoms with Crippen LogP contribution in [0.1, 0.15) is 40.4 Å². The van der Waals surface area contributed by atoms with Gasteiger partial charge in [0.2, 0.25) is 10.0 Å². The summed E-state index contributed by atoms with van der Waals surface area (Å²) < 4.78 is 28.6. The number of carbonyl (C=O) groups is 1. The van der Waals surface area contributed by atoms with Gasteiger partial charge in [-0.1, -0.05) is 30.3 Å². The van der Waals surface area contributed by atoms with Gasteiger partial charge in [0, 0.05) is 5.54 Å². The highest BCUT2D eigenvalue weighted by atomic mass is 32.2. The van der Waals surface area contributed by atoms with Crippen molar-refractivity contribution in [1.82, 2.24) is 4.72 Å². The number of carboxylic acids is 1. The first-order chi connectivity index (χ1) is 11.7. The first-order valence-electron chi connectivity index (χ1n) is 8.15. The van der Waals surface area contributed by atoms with Crippen LogP contribution >= 0.6 is 0 Å². The Morgan fingerprint density at radius 2 is 1.80 bits per heavy atom. The molecule has 2 N–H and O–H groups in total. The molecular formula is C19H21NO4S. The maximum absolute atomic E-state index is 12.9. The maximum Gasteiger partial charge on any atom is 0.335 e. The summed E-state index contributed by atoms with van der Waals surface area (Å²) in [5.74, 6) is -1.13. The fourth-order valence-electron chi connectivity index (χ4n) is 3.50. The molecule has 0 amide bonds. The van der Waals surface area contributed by atoms with Gasteiger partial charge in [-0.3, -0.25) is 0 Å². The van der Waals surface area contributed by atoms with Crippen LogP contribution < -0.4 is 4.72 Å². The van der Waals surface area contributed by atoms with Crippen molar-refractivity contribution in [2.24, 2.45) is 0 Å². The number of hydrogen-bond donors (Lipinski definition) is 2. The number of aromatic carboxylic acids is 1. The third-order valence-electron chi connectivity index (χ3n) is 4.83. The summed E-state index contributed by atoms with van der Waals surface area (Å²) in [5, 5.41) is 9.22. The molecule has 0 radical (unpaired) electrons. The Morgan fingerprint density at radius 1 is 1.12 bits per heavy atom. The monoisotopic (exact) mass is 359 g/mol. The Labute approximate surface area is 147 Å². The van der Waals surface area contributed by atoms with E-state index < -0.39 is 21.5 Å². The topological polar surface area (TPSA) is 83.5 Å². The standard InChI is InChI=1S/C19H21NO4S/c1-13-16(18(21)22)8-5-9-17(13)25(23,24)20-19(2)11-10-14-6-3-4-7-15(14)12-19/h3-9,20H,10-12H2,1-2H3,(H,21,22). The van der Waals surface area contributed by atoms with Gasteiger partial charge in [-0.15, -0.1) is 0 Å². The van der Waals surface area contributed by atoms with Crippen molar-refractivity contribution in [3.8, 4) is 0 Å². The minimum absolute atomic E-state index is 0.00187. The molecule has 0 fully saturated rings. The van der Waals surface area contributed by atoms with Gasteiger partial charge in [-0.05, 0) is 61.9 Å². The van der Waals surface area contributed by atoms with Crippen LogP contribution in [0.2, 0.25) is 0 Å². The first-order valence-corrected chi connectivity index (χ1v) is 9.64. The SMILES string of the molecule is Cc1c(C(=O)O)cccc1S(=O)(=O)NC1(C)CCc2ccccc2C1. The molecule has 2 aromatic rings. The van der Waals surface area contributed by atoms with E-state index in [9.17, 15) is 18.3 Å². The largest absolute Gasteiger partial charge is 0.478 e. The van der Waals surface area contributed by atoms with E-state index in [2.05, 4.69) is 10.8 Å². The van der Waals surface area contributed by atoms with Crippen molar-refractivity contribution in [2.45, 2.75) is 43.5 Å². The molecule has 1 aliphatic carbocycles. The third kappa shape index (κ3) is 3.45. The van der Waals surface area contributed by atoms with Gasteiger partial charge in [0.05, 0.1) is 10.5 Å². The average molecular weight is 359 g/mol. The van der Waals surface area contributed by atoms with Crippen molar-refractivity contribution >= 4 is 16.0 Å². The summed E-state index contributed by atoms with van der Waals surface area (Å²) in [7, 11) is -3.82. The normalized spacial score (nSPS) is 20.1. The van der Waals surface area contributed by atoms with Crippen molar-refractivity contribution in [2.75, 3.05) is 0 Å². The molecule has 5 nitrogen and oxygen atoms in total. The van der Waals surface area contributed by atoms with Gasteiger partial charge >= 0.3 is 5.97 Å². The highest BCUT2D eigenvalue weighted by Crippen LogP contribution is 2.30. The summed E-state index contributed by atoms with van der Waals surface area (Å²) in [4.78, 5) is 11.3. The van der Waals surface area contributed by atoms with E-state index in [1.807, 2.05) is 25.1 Å². The highest BCUT2D eigenvalue weighted by Gasteiger charge is 2.35. The number of sulfonamides is 1. The van der Waals surface area contributed by atoms with E-state index in [4.69, 9.17) is 0 Å². The van der Waals surface area contributed by atoms with Crippen LogP contribution in [0, 0.1) is 6.92 Å². The van der Waals surface area contributed by atoms with Crippen molar-refractivity contribution in [3.63, 3.8) is 0 Å². The fraction of sp³-hybridized carbons (Fsp3) is 0.316. The van der Waals surface area contributed by atoms with Gasteiger partial charge in [0.25, 0.3) is 0 Å². The minimum Gasteiger partial charge on any atom is -0.478 e. The molecule has 1 aliphatic rings. The Kier molecular flexibility index (Phi) is 4.43. The summed E-state index contributed by atoms with van der Waals surface area (Å²) in [5.41, 5.74) is 2.06. The van der Waals surface area contributed by atoms with Crippen LogP contribution in [0.3, 0.4) is 0 Å². The van der Waals surface area contributed by atoms with Crippen LogP contribution in [0.5, 0.6) is 0 Å². The zero-order chi connectivity index (χ0) is 18.2. The van der Waals surface area contributed by atoms with Crippen molar-refractivity contribution in [3.05, 3.63) is 64.7 Å². The number of fused-ring (bicyclic) bond motifs is 1. The first kappa shape index (κ1) is 17.6. The lowest BCUT2D eigenvalue weighted by molar-refractivity contribution is 0.0696. The van der Waals surface area contributed by atoms with E-state index >= 15 is 0 Å². The molecule has 0 bridgehead atoms. The number of carboxylic acid groups (broad SMARTS) is 1. The molecule has 1 atom stereocenters. The van der Waals surface area contributed by atoms with E-state index in [1.54, 1.807) is 0 Å². The van der Waals surface area contributed by atoms with Gasteiger partial charge < -0.3 is 5.11 Å². The Morgan fingerprint density at radius 3 is 2.48 bits per heavy atom. The van der Waals surface area contributed by atoms with E-state index in [0.29, 0.717) is 12.8 Å². The van der Waals surface area contributed by atoms with Crippen LogP contribution in [-0.2, 0) is 22.9 Å². The second kappa shape index (κ2) is 6.28. The molecule has 25 heavy (non-hydrogen) atoms. The molecule has 6 heteroatoms. The fourth-order valence-corrected chi connectivity index (χ4v) is 5.20. The zero-order valence-corrected chi connectivity index (χ0v) is 15.1. The Bertz CT molecular complexity index is 936. The van der Waals surface area contributed by atoms with Crippen molar-refractivity contribution < 1.29 is 18.3 Å². The summed E-state index contributed by atoms with van der Waals surface area (Å²) >= 11 is 0. The quantitative estimate of drug-likeness (QED) is 0.879. The number of aryl methyl sites for hydroxylation is 1. The van der Waals surface area contributed by atoms with E-state index in [0.717, 1.165) is 12.0 Å². The molecule has 0 spiro atoms. The summed E-state index contributed by atoms with van der Waals surface area (Å²) in [6.45, 7) is 3.42. The van der Waals surface area contributed by atoms with Crippen LogP contribution in [-0.4, -0.2) is 25.0 Å². The van der Waals surface area contributed by atoms with Crippen LogP contribution in [0.4, 0.5) is 0 Å². The number of nitrogens with one attached hydrogen (secondary N) is 1. The number of rotatable bonds is 4. The lowest BCUT2D eigenvalue weighted by Crippen LogP contribution is -2.49. The van der Waals surface area contributed by atoms with Crippen LogP contribution in [0.15, 0.2) is 47.4 Å². The van der Waals surface area contributed by atoms with Gasteiger partial charge in [-0.2, -0.15) is 0 Å². The highest BCUT2D eigenvalue weighted by molar-refractivity contribution is 7.89. The molecular weight excluding hydrogens is 338 g/mol. The maximum atomic E-state index is 12.9. The lowest BCUT2D eigenvalue weighted by Gasteiger charge is -2.35. The second-order valence-corrected chi connectivity index (χ2v) is 8.50. The van der Waals surface area contributed by atoms with Gasteiger partial charge in [-0.25, -0.2) is 17.9 Å². The molecule has 0 aromatic heterocycles. The van der Waals surface area contributed by atoms with Crippen LogP contribution in [0.25, 0.3) is 0 Å². The summed E-state index contributed by atoms with van der Waals surface area (Å²) in [6.07, 6.45) is 2.12. The van der Waals surface area contributed by atoms with Gasteiger partial charge in [0.15, 0.2) is 0 Å². The summed E-state index contributed by atoms with van der Waals surface area (Å²) in [6, 6.07) is 12.4. The predicted molar refractivity (Wildman–Crippen MR) is 95.3 cm³/mol. The molecule has 0 aliphatic heterocycles. The molecule has 0 saturated carbocycles. The predicted octanol–water partition coefficient (Wildman–Crippen LogP) is 2.92. The number of hydrogen-bond acceptors (Lipinski definition) is 3.